The molecular formula is C15H21NO. The summed E-state index contributed by atoms with van der Waals surface area (Å²) in [5.74, 6) is 0.280. The fourth-order valence-corrected chi connectivity index (χ4v) is 2.57. The van der Waals surface area contributed by atoms with E-state index in [9.17, 15) is 4.79 Å². The molecule has 0 spiro atoms. The van der Waals surface area contributed by atoms with Gasteiger partial charge in [0.15, 0.2) is 0 Å². The van der Waals surface area contributed by atoms with Crippen LogP contribution in [0, 0.1) is 6.92 Å². The summed E-state index contributed by atoms with van der Waals surface area (Å²) < 4.78 is 0. The second-order valence-electron chi connectivity index (χ2n) is 5.10. The lowest BCUT2D eigenvalue weighted by atomic mass is 10.0. The second kappa shape index (κ2) is 5.35. The number of benzene rings is 1. The number of rotatable bonds is 2. The summed E-state index contributed by atoms with van der Waals surface area (Å²) in [7, 11) is 0. The zero-order valence-corrected chi connectivity index (χ0v) is 10.8. The van der Waals surface area contributed by atoms with Gasteiger partial charge in [0, 0.05) is 12.6 Å². The maximum Gasteiger partial charge on any atom is 0.227 e. The Kier molecular flexibility index (Phi) is 3.82. The first kappa shape index (κ1) is 12.2. The van der Waals surface area contributed by atoms with Crippen molar-refractivity contribution < 1.29 is 4.79 Å². The number of carbonyl (C=O) groups excluding carboxylic acids is 1. The van der Waals surface area contributed by atoms with Crippen LogP contribution in [0.1, 0.15) is 37.3 Å². The third kappa shape index (κ3) is 3.09. The van der Waals surface area contributed by atoms with Crippen molar-refractivity contribution in [1.29, 1.82) is 0 Å². The third-order valence-corrected chi connectivity index (χ3v) is 3.56. The molecule has 1 aromatic carbocycles. The van der Waals surface area contributed by atoms with Crippen molar-refractivity contribution in [2.24, 2.45) is 0 Å². The molecule has 2 heteroatoms. The van der Waals surface area contributed by atoms with Gasteiger partial charge in [-0.25, -0.2) is 0 Å². The van der Waals surface area contributed by atoms with Gasteiger partial charge < -0.3 is 4.90 Å². The van der Waals surface area contributed by atoms with Gasteiger partial charge in [-0.05, 0) is 38.7 Å². The summed E-state index contributed by atoms with van der Waals surface area (Å²) in [5.41, 5.74) is 2.36. The molecule has 0 unspecified atom stereocenters. The summed E-state index contributed by atoms with van der Waals surface area (Å²) >= 11 is 0. The van der Waals surface area contributed by atoms with E-state index in [1.807, 2.05) is 17.0 Å². The molecule has 1 fully saturated rings. The molecule has 0 N–H and O–H groups in total. The van der Waals surface area contributed by atoms with E-state index in [0.717, 1.165) is 24.9 Å². The van der Waals surface area contributed by atoms with Crippen LogP contribution in [0.3, 0.4) is 0 Å². The zero-order valence-electron chi connectivity index (χ0n) is 10.8. The van der Waals surface area contributed by atoms with Crippen LogP contribution in [0.5, 0.6) is 0 Å². The molecular weight excluding hydrogens is 210 g/mol. The summed E-state index contributed by atoms with van der Waals surface area (Å²) in [6.45, 7) is 5.16. The Bertz CT molecular complexity index is 400. The van der Waals surface area contributed by atoms with Crippen LogP contribution in [0.4, 0.5) is 0 Å². The van der Waals surface area contributed by atoms with Crippen molar-refractivity contribution in [3.05, 3.63) is 35.4 Å². The van der Waals surface area contributed by atoms with Crippen LogP contribution < -0.4 is 0 Å². The molecule has 1 amide bonds. The molecule has 0 bridgehead atoms. The minimum absolute atomic E-state index is 0.280. The Morgan fingerprint density at radius 1 is 1.41 bits per heavy atom. The molecule has 0 aliphatic carbocycles. The molecule has 2 nitrogen and oxygen atoms in total. The highest BCUT2D eigenvalue weighted by Crippen LogP contribution is 2.18. The monoisotopic (exact) mass is 231 g/mol. The average Bonchev–Trinajstić information content (AvgIpc) is 2.29. The smallest absolute Gasteiger partial charge is 0.227 e. The van der Waals surface area contributed by atoms with E-state index in [1.165, 1.54) is 12.0 Å². The molecule has 1 aliphatic heterocycles. The highest BCUT2D eigenvalue weighted by molar-refractivity contribution is 5.79. The first-order valence-electron chi connectivity index (χ1n) is 6.52. The van der Waals surface area contributed by atoms with Gasteiger partial charge in [-0.15, -0.1) is 0 Å². The van der Waals surface area contributed by atoms with E-state index in [4.69, 9.17) is 0 Å². The number of hydrogen-bond donors (Lipinski definition) is 0. The SMILES string of the molecule is Cc1cccc(CC(=O)N2CCCC[C@@H]2C)c1. The van der Waals surface area contributed by atoms with Crippen molar-refractivity contribution in [2.75, 3.05) is 6.54 Å². The van der Waals surface area contributed by atoms with Crippen LogP contribution in [0.15, 0.2) is 24.3 Å². The normalized spacial score (nSPS) is 20.4. The number of carbonyl (C=O) groups is 1. The van der Waals surface area contributed by atoms with Crippen molar-refractivity contribution in [3.63, 3.8) is 0 Å². The van der Waals surface area contributed by atoms with E-state index in [2.05, 4.69) is 26.0 Å². The Morgan fingerprint density at radius 3 is 2.94 bits per heavy atom. The minimum atomic E-state index is 0.280. The van der Waals surface area contributed by atoms with E-state index in [0.29, 0.717) is 12.5 Å². The largest absolute Gasteiger partial charge is 0.340 e. The zero-order chi connectivity index (χ0) is 12.3. The van der Waals surface area contributed by atoms with E-state index in [1.54, 1.807) is 0 Å². The number of amides is 1. The molecule has 1 aliphatic rings. The van der Waals surface area contributed by atoms with Crippen molar-refractivity contribution >= 4 is 5.91 Å². The van der Waals surface area contributed by atoms with Gasteiger partial charge in [0.2, 0.25) is 5.91 Å². The highest BCUT2D eigenvalue weighted by atomic mass is 16.2. The number of nitrogens with zero attached hydrogens (tertiary/aromatic N) is 1. The highest BCUT2D eigenvalue weighted by Gasteiger charge is 2.22. The summed E-state index contributed by atoms with van der Waals surface area (Å²) in [5, 5.41) is 0. The molecule has 0 aromatic heterocycles. The topological polar surface area (TPSA) is 20.3 Å². The minimum Gasteiger partial charge on any atom is -0.340 e. The Hall–Kier alpha value is -1.31. The Morgan fingerprint density at radius 2 is 2.24 bits per heavy atom. The summed E-state index contributed by atoms with van der Waals surface area (Å²) in [6, 6.07) is 8.65. The van der Waals surface area contributed by atoms with Crippen LogP contribution in [0.2, 0.25) is 0 Å². The molecule has 2 rings (SSSR count). The van der Waals surface area contributed by atoms with Gasteiger partial charge in [-0.3, -0.25) is 4.79 Å². The number of piperidine rings is 1. The standard InChI is InChI=1S/C15H21NO/c1-12-6-5-8-14(10-12)11-15(17)16-9-4-3-7-13(16)2/h5-6,8,10,13H,3-4,7,9,11H2,1-2H3/t13-/m0/s1. The van der Waals surface area contributed by atoms with E-state index >= 15 is 0 Å². The molecule has 17 heavy (non-hydrogen) atoms. The predicted molar refractivity (Wildman–Crippen MR) is 69.9 cm³/mol. The van der Waals surface area contributed by atoms with Crippen molar-refractivity contribution in [1.82, 2.24) is 4.90 Å². The van der Waals surface area contributed by atoms with Crippen LogP contribution >= 0.6 is 0 Å². The van der Waals surface area contributed by atoms with Crippen LogP contribution in [-0.4, -0.2) is 23.4 Å². The number of likely N-dealkylation sites (tertiary alicyclic amines) is 1. The maximum atomic E-state index is 12.2. The van der Waals surface area contributed by atoms with Crippen LogP contribution in [0.25, 0.3) is 0 Å². The first-order valence-corrected chi connectivity index (χ1v) is 6.52. The van der Waals surface area contributed by atoms with Gasteiger partial charge in [0.25, 0.3) is 0 Å². The van der Waals surface area contributed by atoms with Gasteiger partial charge >= 0.3 is 0 Å². The molecule has 0 saturated carbocycles. The van der Waals surface area contributed by atoms with E-state index in [-0.39, 0.29) is 5.91 Å². The van der Waals surface area contributed by atoms with Crippen molar-refractivity contribution in [2.45, 2.75) is 45.6 Å². The molecule has 1 aromatic rings. The third-order valence-electron chi connectivity index (χ3n) is 3.56. The molecule has 0 radical (unpaired) electrons. The quantitative estimate of drug-likeness (QED) is 0.766. The lowest BCUT2D eigenvalue weighted by Gasteiger charge is -2.33. The fraction of sp³-hybridized carbons (Fsp3) is 0.533. The van der Waals surface area contributed by atoms with Gasteiger partial charge in [0.1, 0.15) is 0 Å². The lowest BCUT2D eigenvalue weighted by Crippen LogP contribution is -2.42. The molecule has 1 atom stereocenters. The molecule has 1 heterocycles. The lowest BCUT2D eigenvalue weighted by molar-refractivity contribution is -0.133. The molecule has 92 valence electrons. The first-order chi connectivity index (χ1) is 8.16. The summed E-state index contributed by atoms with van der Waals surface area (Å²) in [6.07, 6.45) is 4.12. The van der Waals surface area contributed by atoms with Crippen LogP contribution in [-0.2, 0) is 11.2 Å². The van der Waals surface area contributed by atoms with Gasteiger partial charge in [0.05, 0.1) is 6.42 Å². The Labute approximate surface area is 104 Å². The number of aryl methyl sites for hydroxylation is 1. The van der Waals surface area contributed by atoms with Gasteiger partial charge in [-0.2, -0.15) is 0 Å². The number of hydrogen-bond acceptors (Lipinski definition) is 1. The molecule has 1 saturated heterocycles. The van der Waals surface area contributed by atoms with E-state index < -0.39 is 0 Å². The van der Waals surface area contributed by atoms with Crippen molar-refractivity contribution in [3.8, 4) is 0 Å². The Balaban J connectivity index is 2.01. The maximum absolute atomic E-state index is 12.2. The summed E-state index contributed by atoms with van der Waals surface area (Å²) in [4.78, 5) is 14.3. The second-order valence-corrected chi connectivity index (χ2v) is 5.10. The van der Waals surface area contributed by atoms with Gasteiger partial charge in [-0.1, -0.05) is 29.8 Å². The average molecular weight is 231 g/mol. The predicted octanol–water partition coefficient (Wildman–Crippen LogP) is 2.94. The fourth-order valence-electron chi connectivity index (χ4n) is 2.57.